The lowest BCUT2D eigenvalue weighted by Crippen LogP contribution is -2.33. The number of nitrogens with zero attached hydrogens (tertiary/aromatic N) is 4. The SMILES string of the molecule is COc1nc(-c2ccccc2)nc2c1CCC(C(=O)NCCn1ccnc1C)CC2. The smallest absolute Gasteiger partial charge is 0.223 e. The molecule has 156 valence electrons. The highest BCUT2D eigenvalue weighted by Gasteiger charge is 2.26. The van der Waals surface area contributed by atoms with Crippen molar-refractivity contribution in [3.8, 4) is 17.3 Å². The van der Waals surface area contributed by atoms with Gasteiger partial charge in [0, 0.05) is 42.5 Å². The first-order chi connectivity index (χ1) is 14.7. The Kier molecular flexibility index (Phi) is 6.07. The molecule has 3 aromatic rings. The lowest BCUT2D eigenvalue weighted by molar-refractivity contribution is -0.125. The number of carbonyl (C=O) groups excluding carboxylic acids is 1. The van der Waals surface area contributed by atoms with Crippen LogP contribution in [-0.2, 0) is 24.2 Å². The Balaban J connectivity index is 1.43. The summed E-state index contributed by atoms with van der Waals surface area (Å²) in [6, 6.07) is 9.92. The fourth-order valence-corrected chi connectivity index (χ4v) is 3.97. The van der Waals surface area contributed by atoms with Gasteiger partial charge in [-0.25, -0.2) is 9.97 Å². The number of methoxy groups -OCH3 is 1. The van der Waals surface area contributed by atoms with Crippen LogP contribution in [0.1, 0.15) is 29.9 Å². The number of amides is 1. The maximum atomic E-state index is 12.8. The van der Waals surface area contributed by atoms with E-state index < -0.39 is 0 Å². The van der Waals surface area contributed by atoms with Crippen molar-refractivity contribution in [1.29, 1.82) is 0 Å². The summed E-state index contributed by atoms with van der Waals surface area (Å²) in [6.45, 7) is 3.29. The summed E-state index contributed by atoms with van der Waals surface area (Å²) < 4.78 is 7.62. The number of ether oxygens (including phenoxy) is 1. The molecule has 0 aliphatic heterocycles. The van der Waals surface area contributed by atoms with Crippen LogP contribution in [0.25, 0.3) is 11.4 Å². The molecule has 2 aromatic heterocycles. The molecule has 0 fully saturated rings. The van der Waals surface area contributed by atoms with Gasteiger partial charge in [-0.2, -0.15) is 4.98 Å². The predicted octanol–water partition coefficient (Wildman–Crippen LogP) is 2.97. The van der Waals surface area contributed by atoms with Crippen molar-refractivity contribution < 1.29 is 9.53 Å². The number of aromatic nitrogens is 4. The molecule has 1 aliphatic rings. The highest BCUT2D eigenvalue weighted by molar-refractivity contribution is 5.78. The van der Waals surface area contributed by atoms with Gasteiger partial charge >= 0.3 is 0 Å². The maximum absolute atomic E-state index is 12.8. The number of carbonyl (C=O) groups is 1. The van der Waals surface area contributed by atoms with Crippen LogP contribution in [0.3, 0.4) is 0 Å². The molecule has 4 rings (SSSR count). The molecule has 1 unspecified atom stereocenters. The largest absolute Gasteiger partial charge is 0.481 e. The average molecular weight is 406 g/mol. The summed E-state index contributed by atoms with van der Waals surface area (Å²) in [5.74, 6) is 2.32. The molecule has 1 aromatic carbocycles. The minimum absolute atomic E-state index is 0.0343. The topological polar surface area (TPSA) is 81.9 Å². The van der Waals surface area contributed by atoms with Gasteiger partial charge in [0.15, 0.2) is 5.82 Å². The Hall–Kier alpha value is -3.22. The van der Waals surface area contributed by atoms with E-state index >= 15 is 0 Å². The van der Waals surface area contributed by atoms with E-state index in [0.29, 0.717) is 18.2 Å². The van der Waals surface area contributed by atoms with Crippen molar-refractivity contribution in [3.63, 3.8) is 0 Å². The average Bonchev–Trinajstić information content (AvgIpc) is 3.06. The number of aryl methyl sites for hydroxylation is 2. The summed E-state index contributed by atoms with van der Waals surface area (Å²) >= 11 is 0. The third-order valence-electron chi connectivity index (χ3n) is 5.70. The molecule has 30 heavy (non-hydrogen) atoms. The number of imidazole rings is 1. The Morgan fingerprint density at radius 2 is 2.00 bits per heavy atom. The first-order valence-electron chi connectivity index (χ1n) is 10.4. The zero-order chi connectivity index (χ0) is 20.9. The van der Waals surface area contributed by atoms with Gasteiger partial charge in [-0.1, -0.05) is 30.3 Å². The second-order valence-electron chi connectivity index (χ2n) is 7.58. The quantitative estimate of drug-likeness (QED) is 0.638. The van der Waals surface area contributed by atoms with Crippen LogP contribution < -0.4 is 10.1 Å². The summed E-state index contributed by atoms with van der Waals surface area (Å²) in [4.78, 5) is 26.4. The van der Waals surface area contributed by atoms with E-state index in [9.17, 15) is 4.79 Å². The minimum atomic E-state index is -0.0343. The van der Waals surface area contributed by atoms with Gasteiger partial charge in [-0.3, -0.25) is 4.79 Å². The molecule has 0 saturated heterocycles. The first kappa shape index (κ1) is 20.1. The minimum Gasteiger partial charge on any atom is -0.481 e. The second-order valence-corrected chi connectivity index (χ2v) is 7.58. The lowest BCUT2D eigenvalue weighted by atomic mass is 9.99. The van der Waals surface area contributed by atoms with E-state index in [-0.39, 0.29) is 11.8 Å². The highest BCUT2D eigenvalue weighted by Crippen LogP contribution is 2.31. The van der Waals surface area contributed by atoms with Gasteiger partial charge in [-0.15, -0.1) is 0 Å². The van der Waals surface area contributed by atoms with Crippen LogP contribution in [0.4, 0.5) is 0 Å². The lowest BCUT2D eigenvalue weighted by Gasteiger charge is -2.14. The van der Waals surface area contributed by atoms with Crippen molar-refractivity contribution in [2.45, 2.75) is 39.2 Å². The third-order valence-corrected chi connectivity index (χ3v) is 5.70. The Labute approximate surface area is 176 Å². The van der Waals surface area contributed by atoms with Crippen molar-refractivity contribution in [2.24, 2.45) is 5.92 Å². The maximum Gasteiger partial charge on any atom is 0.223 e. The molecule has 1 N–H and O–H groups in total. The number of nitrogens with one attached hydrogen (secondary N) is 1. The molecular formula is C23H27N5O2. The van der Waals surface area contributed by atoms with E-state index in [1.54, 1.807) is 13.3 Å². The number of hydrogen-bond donors (Lipinski definition) is 1. The van der Waals surface area contributed by atoms with Gasteiger partial charge in [0.2, 0.25) is 11.8 Å². The normalized spacial score (nSPS) is 15.9. The van der Waals surface area contributed by atoms with Crippen LogP contribution >= 0.6 is 0 Å². The standard InChI is InChI=1S/C23H27N5O2/c1-16-24-12-14-28(16)15-13-25-22(29)18-8-10-19-20(11-9-18)26-21(27-23(19)30-2)17-6-4-3-5-7-17/h3-7,12,14,18H,8-11,13,15H2,1-2H3,(H,25,29). The van der Waals surface area contributed by atoms with Gasteiger partial charge in [0.1, 0.15) is 5.82 Å². The molecule has 7 nitrogen and oxygen atoms in total. The summed E-state index contributed by atoms with van der Waals surface area (Å²) in [6.07, 6.45) is 6.74. The fraction of sp³-hybridized carbons (Fsp3) is 0.391. The van der Waals surface area contributed by atoms with Gasteiger partial charge < -0.3 is 14.6 Å². The van der Waals surface area contributed by atoms with Crippen LogP contribution in [0.2, 0.25) is 0 Å². The molecule has 0 saturated carbocycles. The number of hydrogen-bond acceptors (Lipinski definition) is 5. The Bertz CT molecular complexity index is 1020. The fourth-order valence-electron chi connectivity index (χ4n) is 3.97. The molecule has 1 aliphatic carbocycles. The molecule has 1 amide bonds. The van der Waals surface area contributed by atoms with Crippen LogP contribution in [0.15, 0.2) is 42.7 Å². The van der Waals surface area contributed by atoms with E-state index in [1.165, 1.54) is 0 Å². The molecular weight excluding hydrogens is 378 g/mol. The molecule has 0 bridgehead atoms. The molecule has 0 spiro atoms. The van der Waals surface area contributed by atoms with Crippen molar-refractivity contribution >= 4 is 5.91 Å². The monoisotopic (exact) mass is 405 g/mol. The van der Waals surface area contributed by atoms with Crippen LogP contribution in [-0.4, -0.2) is 39.1 Å². The summed E-state index contributed by atoms with van der Waals surface area (Å²) in [7, 11) is 1.64. The van der Waals surface area contributed by atoms with Crippen molar-refractivity contribution in [3.05, 3.63) is 59.8 Å². The zero-order valence-electron chi connectivity index (χ0n) is 17.5. The molecule has 2 heterocycles. The van der Waals surface area contributed by atoms with E-state index in [4.69, 9.17) is 9.72 Å². The van der Waals surface area contributed by atoms with Crippen molar-refractivity contribution in [2.75, 3.05) is 13.7 Å². The summed E-state index contributed by atoms with van der Waals surface area (Å²) in [5, 5.41) is 3.08. The third kappa shape index (κ3) is 4.35. The van der Waals surface area contributed by atoms with E-state index in [0.717, 1.165) is 54.9 Å². The van der Waals surface area contributed by atoms with Crippen LogP contribution in [0, 0.1) is 12.8 Å². The number of rotatable bonds is 6. The molecule has 0 radical (unpaired) electrons. The first-order valence-corrected chi connectivity index (χ1v) is 10.4. The van der Waals surface area contributed by atoms with E-state index in [2.05, 4.69) is 15.3 Å². The van der Waals surface area contributed by atoms with Gasteiger partial charge in [0.05, 0.1) is 12.8 Å². The van der Waals surface area contributed by atoms with Gasteiger partial charge in [0.25, 0.3) is 0 Å². The van der Waals surface area contributed by atoms with Crippen LogP contribution in [0.5, 0.6) is 5.88 Å². The summed E-state index contributed by atoms with van der Waals surface area (Å²) in [5.41, 5.74) is 2.98. The van der Waals surface area contributed by atoms with Crippen molar-refractivity contribution in [1.82, 2.24) is 24.8 Å². The number of benzene rings is 1. The highest BCUT2D eigenvalue weighted by atomic mass is 16.5. The second kappa shape index (κ2) is 9.07. The molecule has 7 heteroatoms. The zero-order valence-corrected chi connectivity index (χ0v) is 17.5. The predicted molar refractivity (Wildman–Crippen MR) is 114 cm³/mol. The Morgan fingerprint density at radius 3 is 2.73 bits per heavy atom. The molecule has 1 atom stereocenters. The van der Waals surface area contributed by atoms with E-state index in [1.807, 2.05) is 48.0 Å². The Morgan fingerprint density at radius 1 is 1.20 bits per heavy atom. The van der Waals surface area contributed by atoms with Gasteiger partial charge in [-0.05, 0) is 32.6 Å². The number of fused-ring (bicyclic) bond motifs is 1.